The molecule has 37 heavy (non-hydrogen) atoms. The molecule has 0 radical (unpaired) electrons. The molecule has 0 aromatic heterocycles. The average Bonchev–Trinajstić information content (AvgIpc) is 2.95. The zero-order valence-corrected chi connectivity index (χ0v) is 22.0. The Morgan fingerprint density at radius 3 is 2.11 bits per heavy atom. The first-order valence-electron chi connectivity index (χ1n) is 12.4. The number of benzene rings is 3. The van der Waals surface area contributed by atoms with E-state index in [-0.39, 0.29) is 11.8 Å². The summed E-state index contributed by atoms with van der Waals surface area (Å²) in [6.07, 6.45) is 1.34. The van der Waals surface area contributed by atoms with Gasteiger partial charge in [-0.3, -0.25) is 9.59 Å². The Balaban J connectivity index is 1.78. The molecule has 0 fully saturated rings. The molecule has 3 aromatic carbocycles. The maximum Gasteiger partial charge on any atom is 0.243 e. The van der Waals surface area contributed by atoms with Crippen LogP contribution in [-0.2, 0) is 29.0 Å². The van der Waals surface area contributed by atoms with Crippen LogP contribution in [0.15, 0.2) is 72.8 Å². The van der Waals surface area contributed by atoms with Crippen LogP contribution < -0.4 is 19.5 Å². The highest BCUT2D eigenvalue weighted by Gasteiger charge is 2.29. The zero-order chi connectivity index (χ0) is 26.6. The Morgan fingerprint density at radius 1 is 0.811 bits per heavy atom. The van der Waals surface area contributed by atoms with Crippen LogP contribution in [0.3, 0.4) is 0 Å². The minimum atomic E-state index is -0.651. The second kappa shape index (κ2) is 13.9. The number of hydrogen-bond acceptors (Lipinski definition) is 5. The first-order chi connectivity index (χ1) is 18.0. The first kappa shape index (κ1) is 27.6. The van der Waals surface area contributed by atoms with Gasteiger partial charge in [-0.2, -0.15) is 0 Å². The van der Waals surface area contributed by atoms with E-state index in [1.165, 1.54) is 0 Å². The van der Waals surface area contributed by atoms with Crippen molar-refractivity contribution < 1.29 is 23.8 Å². The molecule has 0 unspecified atom stereocenters. The molecule has 0 bridgehead atoms. The predicted octanol–water partition coefficient (Wildman–Crippen LogP) is 4.42. The van der Waals surface area contributed by atoms with E-state index in [1.807, 2.05) is 79.7 Å². The molecule has 196 valence electrons. The van der Waals surface area contributed by atoms with Crippen molar-refractivity contribution in [1.29, 1.82) is 0 Å². The number of carbonyl (C=O) groups excluding carboxylic acids is 2. The van der Waals surface area contributed by atoms with Crippen LogP contribution in [0.2, 0.25) is 0 Å². The second-order valence-corrected chi connectivity index (χ2v) is 8.66. The Labute approximate surface area is 219 Å². The SMILES string of the molecule is CCC(=O)N(Cc1ccc(OC)cc1)[C@@H](Cc1ccccc1)C(=O)NCCc1ccc(OC)c(OC)c1. The van der Waals surface area contributed by atoms with E-state index in [1.54, 1.807) is 26.2 Å². The van der Waals surface area contributed by atoms with Gasteiger partial charge in [0.05, 0.1) is 21.3 Å². The molecule has 0 aliphatic rings. The normalized spacial score (nSPS) is 11.4. The summed E-state index contributed by atoms with van der Waals surface area (Å²) < 4.78 is 15.9. The smallest absolute Gasteiger partial charge is 0.243 e. The molecular formula is C30H36N2O5. The van der Waals surface area contributed by atoms with Crippen LogP contribution in [-0.4, -0.2) is 50.6 Å². The molecule has 7 nitrogen and oxygen atoms in total. The molecule has 2 amide bonds. The van der Waals surface area contributed by atoms with Crippen LogP contribution in [0.4, 0.5) is 0 Å². The largest absolute Gasteiger partial charge is 0.497 e. The van der Waals surface area contributed by atoms with Gasteiger partial charge >= 0.3 is 0 Å². The number of methoxy groups -OCH3 is 3. The lowest BCUT2D eigenvalue weighted by Gasteiger charge is -2.31. The summed E-state index contributed by atoms with van der Waals surface area (Å²) in [5.41, 5.74) is 2.93. The maximum absolute atomic E-state index is 13.5. The fourth-order valence-corrected chi connectivity index (χ4v) is 4.17. The number of ether oxygens (including phenoxy) is 3. The number of nitrogens with one attached hydrogen (secondary N) is 1. The average molecular weight is 505 g/mol. The second-order valence-electron chi connectivity index (χ2n) is 8.66. The van der Waals surface area contributed by atoms with E-state index in [4.69, 9.17) is 14.2 Å². The standard InChI is InChI=1S/C30H36N2O5/c1-5-29(33)32(21-24-11-14-25(35-2)15-12-24)26(19-22-9-7-6-8-10-22)30(34)31-18-17-23-13-16-27(36-3)28(20-23)37-4/h6-16,20,26H,5,17-19,21H2,1-4H3,(H,31,34)/t26-/m0/s1. The molecule has 3 rings (SSSR count). The van der Waals surface area contributed by atoms with Crippen molar-refractivity contribution in [3.05, 3.63) is 89.5 Å². The van der Waals surface area contributed by atoms with Crippen molar-refractivity contribution >= 4 is 11.8 Å². The van der Waals surface area contributed by atoms with Gasteiger partial charge in [0, 0.05) is 25.9 Å². The number of carbonyl (C=O) groups is 2. The van der Waals surface area contributed by atoms with E-state index in [0.29, 0.717) is 43.9 Å². The number of nitrogens with zero attached hydrogens (tertiary/aromatic N) is 1. The van der Waals surface area contributed by atoms with Crippen LogP contribution in [0.5, 0.6) is 17.2 Å². The van der Waals surface area contributed by atoms with E-state index in [2.05, 4.69) is 5.32 Å². The first-order valence-corrected chi connectivity index (χ1v) is 12.4. The number of rotatable bonds is 13. The van der Waals surface area contributed by atoms with Gasteiger partial charge in [0.1, 0.15) is 11.8 Å². The summed E-state index contributed by atoms with van der Waals surface area (Å²) >= 11 is 0. The quantitative estimate of drug-likeness (QED) is 0.373. The molecule has 0 aliphatic carbocycles. The molecule has 0 saturated heterocycles. The highest BCUT2D eigenvalue weighted by Crippen LogP contribution is 2.27. The topological polar surface area (TPSA) is 77.1 Å². The minimum Gasteiger partial charge on any atom is -0.497 e. The van der Waals surface area contributed by atoms with Crippen molar-refractivity contribution in [2.75, 3.05) is 27.9 Å². The Morgan fingerprint density at radius 2 is 1.49 bits per heavy atom. The van der Waals surface area contributed by atoms with Gasteiger partial charge in [0.15, 0.2) is 11.5 Å². The highest BCUT2D eigenvalue weighted by molar-refractivity contribution is 5.88. The van der Waals surface area contributed by atoms with Gasteiger partial charge in [-0.25, -0.2) is 0 Å². The fraction of sp³-hybridized carbons (Fsp3) is 0.333. The third-order valence-corrected chi connectivity index (χ3v) is 6.25. The molecule has 0 spiro atoms. The lowest BCUT2D eigenvalue weighted by atomic mass is 10.0. The molecule has 3 aromatic rings. The van der Waals surface area contributed by atoms with Crippen molar-refractivity contribution in [3.63, 3.8) is 0 Å². The van der Waals surface area contributed by atoms with E-state index < -0.39 is 6.04 Å². The molecule has 1 N–H and O–H groups in total. The van der Waals surface area contributed by atoms with Gasteiger partial charge in [-0.1, -0.05) is 55.5 Å². The van der Waals surface area contributed by atoms with Gasteiger partial charge in [-0.05, 0) is 47.4 Å². The molecular weight excluding hydrogens is 468 g/mol. The molecule has 0 saturated carbocycles. The van der Waals surface area contributed by atoms with Crippen LogP contribution in [0.1, 0.15) is 30.0 Å². The zero-order valence-electron chi connectivity index (χ0n) is 22.0. The predicted molar refractivity (Wildman–Crippen MR) is 144 cm³/mol. The number of amides is 2. The Bertz CT molecular complexity index is 1150. The monoisotopic (exact) mass is 504 g/mol. The Hall–Kier alpha value is -4.00. The lowest BCUT2D eigenvalue weighted by Crippen LogP contribution is -2.50. The van der Waals surface area contributed by atoms with Gasteiger partial charge in [0.25, 0.3) is 0 Å². The van der Waals surface area contributed by atoms with E-state index >= 15 is 0 Å². The van der Waals surface area contributed by atoms with Crippen LogP contribution in [0.25, 0.3) is 0 Å². The van der Waals surface area contributed by atoms with Crippen molar-refractivity contribution in [3.8, 4) is 17.2 Å². The third-order valence-electron chi connectivity index (χ3n) is 6.25. The van der Waals surface area contributed by atoms with Crippen molar-refractivity contribution in [1.82, 2.24) is 10.2 Å². The third kappa shape index (κ3) is 7.74. The van der Waals surface area contributed by atoms with Crippen molar-refractivity contribution in [2.45, 2.75) is 38.8 Å². The summed E-state index contributed by atoms with van der Waals surface area (Å²) in [6, 6.07) is 22.4. The number of hydrogen-bond donors (Lipinski definition) is 1. The summed E-state index contributed by atoms with van der Waals surface area (Å²) in [5, 5.41) is 3.06. The molecule has 0 aliphatic heterocycles. The summed E-state index contributed by atoms with van der Waals surface area (Å²) in [5.74, 6) is 1.79. The van der Waals surface area contributed by atoms with E-state index in [0.717, 1.165) is 22.4 Å². The molecule has 7 heteroatoms. The van der Waals surface area contributed by atoms with Gasteiger partial charge in [-0.15, -0.1) is 0 Å². The van der Waals surface area contributed by atoms with E-state index in [9.17, 15) is 9.59 Å². The fourth-order valence-electron chi connectivity index (χ4n) is 4.17. The summed E-state index contributed by atoms with van der Waals surface area (Å²) in [7, 11) is 4.81. The van der Waals surface area contributed by atoms with Crippen LogP contribution >= 0.6 is 0 Å². The molecule has 1 atom stereocenters. The van der Waals surface area contributed by atoms with Crippen LogP contribution in [0, 0.1) is 0 Å². The molecule has 0 heterocycles. The van der Waals surface area contributed by atoms with Crippen molar-refractivity contribution in [2.24, 2.45) is 0 Å². The maximum atomic E-state index is 13.5. The summed E-state index contributed by atoms with van der Waals surface area (Å²) in [4.78, 5) is 28.3. The van der Waals surface area contributed by atoms with Gasteiger partial charge in [0.2, 0.25) is 11.8 Å². The summed E-state index contributed by atoms with van der Waals surface area (Å²) in [6.45, 7) is 2.57. The Kier molecular flexibility index (Phi) is 10.4. The van der Waals surface area contributed by atoms with Gasteiger partial charge < -0.3 is 24.4 Å². The minimum absolute atomic E-state index is 0.0770. The lowest BCUT2D eigenvalue weighted by molar-refractivity contribution is -0.141. The highest BCUT2D eigenvalue weighted by atomic mass is 16.5.